The van der Waals surface area contributed by atoms with Crippen molar-refractivity contribution in [3.8, 4) is 22.8 Å². The van der Waals surface area contributed by atoms with Crippen molar-refractivity contribution in [3.63, 3.8) is 0 Å². The third-order valence-corrected chi connectivity index (χ3v) is 4.46. The number of rotatable bonds is 7. The number of benzene rings is 2. The van der Waals surface area contributed by atoms with Crippen LogP contribution in [0, 0.1) is 0 Å². The van der Waals surface area contributed by atoms with E-state index in [1.807, 2.05) is 41.8 Å². The summed E-state index contributed by atoms with van der Waals surface area (Å²) in [7, 11) is 1.56. The maximum atomic E-state index is 12.2. The summed E-state index contributed by atoms with van der Waals surface area (Å²) < 4.78 is 10.8. The summed E-state index contributed by atoms with van der Waals surface area (Å²) in [4.78, 5) is 16.7. The molecule has 2 aromatic carbocycles. The fourth-order valence-electron chi connectivity index (χ4n) is 2.40. The van der Waals surface area contributed by atoms with Crippen LogP contribution in [0.2, 0.25) is 0 Å². The molecule has 2 N–H and O–H groups in total. The molecule has 7 heteroatoms. The smallest absolute Gasteiger partial charge is 0.325 e. The fraction of sp³-hybridized carbons (Fsp3) is 0.200. The molecule has 0 radical (unpaired) electrons. The second kappa shape index (κ2) is 9.05. The van der Waals surface area contributed by atoms with E-state index in [2.05, 4.69) is 22.5 Å². The van der Waals surface area contributed by atoms with Gasteiger partial charge in [0.1, 0.15) is 11.5 Å². The van der Waals surface area contributed by atoms with Crippen molar-refractivity contribution in [2.45, 2.75) is 13.3 Å². The summed E-state index contributed by atoms with van der Waals surface area (Å²) >= 11 is 1.37. The first kappa shape index (κ1) is 18.7. The first-order chi connectivity index (χ1) is 13.2. The zero-order valence-corrected chi connectivity index (χ0v) is 16.0. The van der Waals surface area contributed by atoms with Crippen molar-refractivity contribution in [1.82, 2.24) is 4.98 Å². The number of ether oxygens (including phenoxy) is 2. The van der Waals surface area contributed by atoms with Crippen molar-refractivity contribution in [2.75, 3.05) is 24.4 Å². The highest BCUT2D eigenvalue weighted by molar-refractivity contribution is 7.14. The Kier molecular flexibility index (Phi) is 6.27. The van der Waals surface area contributed by atoms with Gasteiger partial charge in [-0.25, -0.2) is 9.78 Å². The van der Waals surface area contributed by atoms with Gasteiger partial charge in [-0.15, -0.1) is 11.3 Å². The second-order valence-electron chi connectivity index (χ2n) is 5.69. The molecule has 0 saturated carbocycles. The van der Waals surface area contributed by atoms with Crippen LogP contribution in [0.15, 0.2) is 53.9 Å². The maximum absolute atomic E-state index is 12.2. The molecular formula is C20H21N3O3S. The van der Waals surface area contributed by atoms with E-state index in [0.29, 0.717) is 23.2 Å². The van der Waals surface area contributed by atoms with Gasteiger partial charge in [0.05, 0.1) is 25.1 Å². The molecule has 0 unspecified atom stereocenters. The van der Waals surface area contributed by atoms with E-state index in [-0.39, 0.29) is 6.03 Å². The summed E-state index contributed by atoms with van der Waals surface area (Å²) in [6, 6.07) is 14.6. The van der Waals surface area contributed by atoms with Gasteiger partial charge in [-0.2, -0.15) is 0 Å². The highest BCUT2D eigenvalue weighted by Gasteiger charge is 2.10. The van der Waals surface area contributed by atoms with Crippen LogP contribution in [0.3, 0.4) is 0 Å². The number of carbonyl (C=O) groups excluding carboxylic acids is 1. The van der Waals surface area contributed by atoms with Crippen LogP contribution >= 0.6 is 11.3 Å². The molecule has 0 bridgehead atoms. The van der Waals surface area contributed by atoms with Gasteiger partial charge in [-0.1, -0.05) is 19.1 Å². The predicted molar refractivity (Wildman–Crippen MR) is 109 cm³/mol. The average molecular weight is 383 g/mol. The first-order valence-corrected chi connectivity index (χ1v) is 9.47. The van der Waals surface area contributed by atoms with Crippen molar-refractivity contribution in [3.05, 3.63) is 53.9 Å². The molecule has 2 amide bonds. The minimum atomic E-state index is -0.372. The first-order valence-electron chi connectivity index (χ1n) is 8.59. The number of hydrogen-bond donors (Lipinski definition) is 2. The topological polar surface area (TPSA) is 72.5 Å². The van der Waals surface area contributed by atoms with E-state index in [1.165, 1.54) is 11.3 Å². The highest BCUT2D eigenvalue weighted by Crippen LogP contribution is 2.27. The Labute approximate surface area is 162 Å². The lowest BCUT2D eigenvalue weighted by atomic mass is 10.2. The Balaban J connectivity index is 1.62. The number of carbonyl (C=O) groups is 1. The number of thiazole rings is 1. The van der Waals surface area contributed by atoms with Gasteiger partial charge in [-0.05, 0) is 42.8 Å². The molecule has 3 aromatic rings. The van der Waals surface area contributed by atoms with Gasteiger partial charge in [0.2, 0.25) is 0 Å². The number of amides is 2. The number of hydrogen-bond acceptors (Lipinski definition) is 5. The molecule has 0 spiro atoms. The second-order valence-corrected chi connectivity index (χ2v) is 6.55. The van der Waals surface area contributed by atoms with Gasteiger partial charge in [0, 0.05) is 10.9 Å². The molecule has 0 saturated heterocycles. The zero-order valence-electron chi connectivity index (χ0n) is 15.2. The molecule has 6 nitrogen and oxygen atoms in total. The molecule has 0 fully saturated rings. The Morgan fingerprint density at radius 1 is 1.11 bits per heavy atom. The SMILES string of the molecule is CCCOc1ccc(-c2csc(NC(=O)Nc3ccccc3OC)n2)cc1. The van der Waals surface area contributed by atoms with E-state index in [1.54, 1.807) is 19.2 Å². The van der Waals surface area contributed by atoms with Gasteiger partial charge >= 0.3 is 6.03 Å². The number of urea groups is 1. The Morgan fingerprint density at radius 3 is 2.63 bits per heavy atom. The number of anilines is 2. The highest BCUT2D eigenvalue weighted by atomic mass is 32.1. The van der Waals surface area contributed by atoms with E-state index in [9.17, 15) is 4.79 Å². The van der Waals surface area contributed by atoms with Gasteiger partial charge in [0.25, 0.3) is 0 Å². The van der Waals surface area contributed by atoms with Crippen LogP contribution in [0.25, 0.3) is 11.3 Å². The van der Waals surface area contributed by atoms with Crippen molar-refractivity contribution in [2.24, 2.45) is 0 Å². The minimum Gasteiger partial charge on any atom is -0.495 e. The largest absolute Gasteiger partial charge is 0.495 e. The predicted octanol–water partition coefficient (Wildman–Crippen LogP) is 5.25. The molecule has 1 heterocycles. The van der Waals surface area contributed by atoms with Crippen LogP contribution < -0.4 is 20.1 Å². The standard InChI is InChI=1S/C20H21N3O3S/c1-3-12-26-15-10-8-14(9-11-15)17-13-27-20(22-17)23-19(24)21-16-6-4-5-7-18(16)25-2/h4-11,13H,3,12H2,1-2H3,(H2,21,22,23,24). The van der Waals surface area contributed by atoms with Crippen molar-refractivity contribution < 1.29 is 14.3 Å². The Hall–Kier alpha value is -3.06. The van der Waals surface area contributed by atoms with Gasteiger partial charge in [0.15, 0.2) is 5.13 Å². The number of aromatic nitrogens is 1. The molecule has 27 heavy (non-hydrogen) atoms. The lowest BCUT2D eigenvalue weighted by Gasteiger charge is -2.09. The minimum absolute atomic E-state index is 0.372. The number of methoxy groups -OCH3 is 1. The van der Waals surface area contributed by atoms with Crippen LogP contribution in [0.4, 0.5) is 15.6 Å². The normalized spacial score (nSPS) is 10.3. The molecule has 0 atom stereocenters. The monoisotopic (exact) mass is 383 g/mol. The lowest BCUT2D eigenvalue weighted by Crippen LogP contribution is -2.19. The van der Waals surface area contributed by atoms with E-state index in [0.717, 1.165) is 23.4 Å². The summed E-state index contributed by atoms with van der Waals surface area (Å²) in [6.07, 6.45) is 0.972. The molecule has 3 rings (SSSR count). The molecule has 140 valence electrons. The molecular weight excluding hydrogens is 362 g/mol. The Morgan fingerprint density at radius 2 is 1.89 bits per heavy atom. The van der Waals surface area contributed by atoms with Crippen molar-refractivity contribution in [1.29, 1.82) is 0 Å². The van der Waals surface area contributed by atoms with Crippen LogP contribution in [0.5, 0.6) is 11.5 Å². The quantitative estimate of drug-likeness (QED) is 0.584. The number of para-hydroxylation sites is 2. The Bertz CT molecular complexity index is 893. The van der Waals surface area contributed by atoms with Gasteiger partial charge in [-0.3, -0.25) is 5.32 Å². The van der Waals surface area contributed by atoms with Crippen LogP contribution in [0.1, 0.15) is 13.3 Å². The summed E-state index contributed by atoms with van der Waals surface area (Å²) in [6.45, 7) is 2.77. The van der Waals surface area contributed by atoms with Crippen LogP contribution in [-0.2, 0) is 0 Å². The summed E-state index contributed by atoms with van der Waals surface area (Å²) in [5.41, 5.74) is 2.36. The van der Waals surface area contributed by atoms with Gasteiger partial charge < -0.3 is 14.8 Å². The summed E-state index contributed by atoms with van der Waals surface area (Å²) in [5.74, 6) is 1.43. The average Bonchev–Trinajstić information content (AvgIpc) is 3.15. The van der Waals surface area contributed by atoms with E-state index >= 15 is 0 Å². The number of nitrogens with zero attached hydrogens (tertiary/aromatic N) is 1. The molecule has 0 aliphatic carbocycles. The third-order valence-electron chi connectivity index (χ3n) is 3.70. The fourth-order valence-corrected chi connectivity index (χ4v) is 3.12. The van der Waals surface area contributed by atoms with E-state index in [4.69, 9.17) is 9.47 Å². The molecule has 1 aromatic heterocycles. The molecule has 0 aliphatic rings. The zero-order chi connectivity index (χ0) is 19.1. The third kappa shape index (κ3) is 4.98. The molecule has 0 aliphatic heterocycles. The number of nitrogens with one attached hydrogen (secondary N) is 2. The lowest BCUT2D eigenvalue weighted by molar-refractivity contribution is 0.262. The van der Waals surface area contributed by atoms with E-state index < -0.39 is 0 Å². The maximum Gasteiger partial charge on any atom is 0.325 e. The summed E-state index contributed by atoms with van der Waals surface area (Å²) in [5, 5.41) is 7.93. The van der Waals surface area contributed by atoms with Crippen LogP contribution in [-0.4, -0.2) is 24.7 Å². The van der Waals surface area contributed by atoms with Crippen molar-refractivity contribution >= 4 is 28.2 Å².